The molecule has 0 saturated heterocycles. The highest BCUT2D eigenvalue weighted by Gasteiger charge is 1.97. The second-order valence-electron chi connectivity index (χ2n) is 7.05. The molecule has 0 aliphatic rings. The number of hydrogen-bond acceptors (Lipinski definition) is 0. The van der Waals surface area contributed by atoms with Crippen molar-refractivity contribution in [3.63, 3.8) is 0 Å². The maximum Gasteiger partial charge on any atom is 0.168 e. The standard InChI is InChI=1S/C23H40N/c1-2-3-4-5-6-7-8-9-10-11-12-13-14-15-16-18-21-24-22-19-17-20-23-24/h9-10,17,19-20,22-23H,2-8,11-16,18,21H2,1H3/q+1/b10-9-. The third kappa shape index (κ3) is 13.3. The fraction of sp³-hybridized carbons (Fsp3) is 0.696. The lowest BCUT2D eigenvalue weighted by atomic mass is 10.1. The number of allylic oxidation sites excluding steroid dienone is 2. The summed E-state index contributed by atoms with van der Waals surface area (Å²) < 4.78 is 2.29. The van der Waals surface area contributed by atoms with Crippen LogP contribution >= 0.6 is 0 Å². The summed E-state index contributed by atoms with van der Waals surface area (Å²) in [5, 5.41) is 0. The van der Waals surface area contributed by atoms with Crippen LogP contribution in [0.1, 0.15) is 96.8 Å². The van der Waals surface area contributed by atoms with Gasteiger partial charge in [0.25, 0.3) is 0 Å². The second-order valence-corrected chi connectivity index (χ2v) is 7.05. The van der Waals surface area contributed by atoms with Crippen LogP contribution in [-0.2, 0) is 6.54 Å². The van der Waals surface area contributed by atoms with Crippen molar-refractivity contribution < 1.29 is 4.57 Å². The zero-order valence-electron chi connectivity index (χ0n) is 16.1. The van der Waals surface area contributed by atoms with Gasteiger partial charge >= 0.3 is 0 Å². The highest BCUT2D eigenvalue weighted by molar-refractivity contribution is 4.83. The molecule has 0 unspecified atom stereocenters. The van der Waals surface area contributed by atoms with E-state index < -0.39 is 0 Å². The Bertz CT molecular complexity index is 382. The lowest BCUT2D eigenvalue weighted by molar-refractivity contribution is -0.697. The van der Waals surface area contributed by atoms with E-state index in [0.717, 1.165) is 0 Å². The van der Waals surface area contributed by atoms with E-state index in [2.05, 4.69) is 54.2 Å². The lowest BCUT2D eigenvalue weighted by Crippen LogP contribution is -2.32. The zero-order valence-corrected chi connectivity index (χ0v) is 16.1. The van der Waals surface area contributed by atoms with E-state index in [1.165, 1.54) is 96.4 Å². The maximum atomic E-state index is 2.41. The van der Waals surface area contributed by atoms with Crippen LogP contribution in [0.4, 0.5) is 0 Å². The van der Waals surface area contributed by atoms with Gasteiger partial charge in [0, 0.05) is 18.6 Å². The Balaban J connectivity index is 1.76. The molecule has 1 heterocycles. The van der Waals surface area contributed by atoms with Crippen LogP contribution in [0.25, 0.3) is 0 Å². The van der Waals surface area contributed by atoms with Gasteiger partial charge < -0.3 is 0 Å². The van der Waals surface area contributed by atoms with Crippen molar-refractivity contribution in [2.75, 3.05) is 0 Å². The maximum absolute atomic E-state index is 2.41. The molecule has 0 aliphatic carbocycles. The number of pyridine rings is 1. The van der Waals surface area contributed by atoms with Crippen LogP contribution in [0.2, 0.25) is 0 Å². The second kappa shape index (κ2) is 16.7. The summed E-state index contributed by atoms with van der Waals surface area (Å²) >= 11 is 0. The third-order valence-electron chi connectivity index (χ3n) is 4.71. The van der Waals surface area contributed by atoms with Crippen molar-refractivity contribution in [2.24, 2.45) is 0 Å². The Morgan fingerprint density at radius 1 is 0.583 bits per heavy atom. The lowest BCUT2D eigenvalue weighted by Gasteiger charge is -2.00. The first-order chi connectivity index (χ1) is 11.9. The van der Waals surface area contributed by atoms with Gasteiger partial charge in [0.05, 0.1) is 0 Å². The Morgan fingerprint density at radius 3 is 1.67 bits per heavy atom. The molecule has 0 N–H and O–H groups in total. The van der Waals surface area contributed by atoms with Crippen LogP contribution in [0.5, 0.6) is 0 Å². The van der Waals surface area contributed by atoms with Crippen molar-refractivity contribution in [3.8, 4) is 0 Å². The van der Waals surface area contributed by atoms with E-state index in [4.69, 9.17) is 0 Å². The van der Waals surface area contributed by atoms with E-state index in [0.29, 0.717) is 0 Å². The quantitative estimate of drug-likeness (QED) is 0.174. The first-order valence-electron chi connectivity index (χ1n) is 10.5. The van der Waals surface area contributed by atoms with Crippen molar-refractivity contribution in [3.05, 3.63) is 42.7 Å². The Kier molecular flexibility index (Phi) is 14.6. The minimum absolute atomic E-state index is 1.17. The molecule has 0 saturated carbocycles. The first kappa shape index (κ1) is 20.9. The average molecular weight is 331 g/mol. The monoisotopic (exact) mass is 330 g/mol. The van der Waals surface area contributed by atoms with Crippen molar-refractivity contribution >= 4 is 0 Å². The molecule has 1 rings (SSSR count). The Labute approximate surface area is 151 Å². The zero-order chi connectivity index (χ0) is 17.1. The highest BCUT2D eigenvalue weighted by atomic mass is 14.9. The van der Waals surface area contributed by atoms with Gasteiger partial charge in [0.2, 0.25) is 0 Å². The van der Waals surface area contributed by atoms with Crippen LogP contribution in [0.3, 0.4) is 0 Å². The molecule has 0 fully saturated rings. The average Bonchev–Trinajstić information content (AvgIpc) is 2.62. The smallest absolute Gasteiger partial charge is 0.168 e. The number of unbranched alkanes of at least 4 members (excludes halogenated alkanes) is 12. The summed E-state index contributed by atoms with van der Waals surface area (Å²) in [6.45, 7) is 3.45. The number of aromatic nitrogens is 1. The molecule has 0 radical (unpaired) electrons. The largest absolute Gasteiger partial charge is 0.205 e. The SMILES string of the molecule is CCCCCCCC/C=C\CCCCCCCC[n+]1ccccc1. The molecular formula is C23H40N+. The third-order valence-corrected chi connectivity index (χ3v) is 4.71. The van der Waals surface area contributed by atoms with Crippen molar-refractivity contribution in [1.29, 1.82) is 0 Å². The molecule has 0 amide bonds. The fourth-order valence-corrected chi connectivity index (χ4v) is 3.13. The van der Waals surface area contributed by atoms with Gasteiger partial charge in [-0.1, -0.05) is 76.5 Å². The molecule has 0 atom stereocenters. The molecule has 0 aliphatic heterocycles. The van der Waals surface area contributed by atoms with E-state index in [1.807, 2.05) is 0 Å². The van der Waals surface area contributed by atoms with Gasteiger partial charge in [0.1, 0.15) is 6.54 Å². The fourth-order valence-electron chi connectivity index (χ4n) is 3.13. The van der Waals surface area contributed by atoms with E-state index in [-0.39, 0.29) is 0 Å². The van der Waals surface area contributed by atoms with Crippen LogP contribution in [-0.4, -0.2) is 0 Å². The minimum Gasteiger partial charge on any atom is -0.205 e. The predicted octanol–water partition coefficient (Wildman–Crippen LogP) is 7.01. The predicted molar refractivity (Wildman–Crippen MR) is 106 cm³/mol. The van der Waals surface area contributed by atoms with Gasteiger partial charge in [-0.25, -0.2) is 4.57 Å². The Morgan fingerprint density at radius 2 is 1.08 bits per heavy atom. The summed E-state index contributed by atoms with van der Waals surface area (Å²) in [7, 11) is 0. The number of nitrogens with zero attached hydrogens (tertiary/aromatic N) is 1. The van der Waals surface area contributed by atoms with Crippen molar-refractivity contribution in [2.45, 2.75) is 103 Å². The van der Waals surface area contributed by atoms with Gasteiger partial charge in [-0.05, 0) is 32.1 Å². The van der Waals surface area contributed by atoms with Gasteiger partial charge in [-0.15, -0.1) is 0 Å². The molecule has 0 aromatic carbocycles. The number of rotatable bonds is 16. The summed E-state index contributed by atoms with van der Waals surface area (Å²) in [6.07, 6.45) is 28.5. The summed E-state index contributed by atoms with van der Waals surface area (Å²) in [6, 6.07) is 6.30. The molecule has 0 spiro atoms. The highest BCUT2D eigenvalue weighted by Crippen LogP contribution is 2.09. The first-order valence-corrected chi connectivity index (χ1v) is 10.5. The molecule has 136 valence electrons. The van der Waals surface area contributed by atoms with E-state index in [9.17, 15) is 0 Å². The number of hydrogen-bond donors (Lipinski definition) is 0. The van der Waals surface area contributed by atoms with E-state index in [1.54, 1.807) is 0 Å². The van der Waals surface area contributed by atoms with Crippen molar-refractivity contribution in [1.82, 2.24) is 0 Å². The van der Waals surface area contributed by atoms with Gasteiger partial charge in [-0.3, -0.25) is 0 Å². The molecule has 0 bridgehead atoms. The van der Waals surface area contributed by atoms with Crippen LogP contribution < -0.4 is 4.57 Å². The minimum atomic E-state index is 1.17. The molecule has 1 aromatic heterocycles. The normalized spacial score (nSPS) is 11.4. The van der Waals surface area contributed by atoms with E-state index >= 15 is 0 Å². The topological polar surface area (TPSA) is 3.88 Å². The summed E-state index contributed by atoms with van der Waals surface area (Å²) in [5.74, 6) is 0. The molecule has 24 heavy (non-hydrogen) atoms. The molecule has 1 heteroatoms. The van der Waals surface area contributed by atoms with Gasteiger partial charge in [0.15, 0.2) is 12.4 Å². The molecular weight excluding hydrogens is 290 g/mol. The van der Waals surface area contributed by atoms with Gasteiger partial charge in [-0.2, -0.15) is 0 Å². The summed E-state index contributed by atoms with van der Waals surface area (Å²) in [5.41, 5.74) is 0. The number of aryl methyl sites for hydroxylation is 1. The Hall–Kier alpha value is -1.11. The van der Waals surface area contributed by atoms with Crippen LogP contribution in [0.15, 0.2) is 42.7 Å². The van der Waals surface area contributed by atoms with Crippen LogP contribution in [0, 0.1) is 0 Å². The molecule has 1 nitrogen and oxygen atoms in total. The molecule has 1 aromatic rings. The summed E-state index contributed by atoms with van der Waals surface area (Å²) in [4.78, 5) is 0.